The van der Waals surface area contributed by atoms with Gasteiger partial charge in [-0.15, -0.1) is 0 Å². The van der Waals surface area contributed by atoms with Crippen molar-refractivity contribution in [1.82, 2.24) is 9.97 Å². The number of hydrogen-bond acceptors (Lipinski definition) is 5. The molecule has 0 bridgehead atoms. The fourth-order valence-corrected chi connectivity index (χ4v) is 2.87. The summed E-state index contributed by atoms with van der Waals surface area (Å²) in [5.41, 5.74) is 4.29. The Labute approximate surface area is 108 Å². The van der Waals surface area contributed by atoms with Gasteiger partial charge in [-0.3, -0.25) is 0 Å². The molecule has 98 valence electrons. The van der Waals surface area contributed by atoms with Gasteiger partial charge in [-0.2, -0.15) is 0 Å². The third-order valence-electron chi connectivity index (χ3n) is 4.38. The van der Waals surface area contributed by atoms with Crippen LogP contribution in [0.15, 0.2) is 6.33 Å². The van der Waals surface area contributed by atoms with Gasteiger partial charge in [0.1, 0.15) is 18.0 Å². The van der Waals surface area contributed by atoms with Gasteiger partial charge in [0.25, 0.3) is 0 Å². The van der Waals surface area contributed by atoms with Crippen LogP contribution in [-0.2, 0) is 6.42 Å². The van der Waals surface area contributed by atoms with Crippen LogP contribution in [0.2, 0.25) is 0 Å². The van der Waals surface area contributed by atoms with E-state index >= 15 is 0 Å². The maximum absolute atomic E-state index is 5.48. The monoisotopic (exact) mass is 247 g/mol. The van der Waals surface area contributed by atoms with Crippen LogP contribution in [0, 0.1) is 11.3 Å². The van der Waals surface area contributed by atoms with Gasteiger partial charge in [0, 0.05) is 12.1 Å². The number of hydrazine groups is 1. The van der Waals surface area contributed by atoms with Crippen LogP contribution in [0.3, 0.4) is 0 Å². The molecule has 1 aromatic heterocycles. The fraction of sp³-hybridized carbons (Fsp3) is 0.692. The predicted octanol–water partition coefficient (Wildman–Crippen LogP) is 1.93. The lowest BCUT2D eigenvalue weighted by Gasteiger charge is -2.18. The molecule has 2 fully saturated rings. The molecule has 0 unspecified atom stereocenters. The molecule has 0 spiro atoms. The first kappa shape index (κ1) is 11.7. The molecule has 0 atom stereocenters. The molecule has 2 aliphatic rings. The number of nitrogens with two attached hydrogens (primary N) is 1. The van der Waals surface area contributed by atoms with Gasteiger partial charge in [0.05, 0.1) is 0 Å². The largest absolute Gasteiger partial charge is 0.369 e. The van der Waals surface area contributed by atoms with E-state index < -0.39 is 0 Å². The van der Waals surface area contributed by atoms with E-state index in [0.717, 1.165) is 36.1 Å². The molecule has 0 saturated heterocycles. The van der Waals surface area contributed by atoms with Crippen LogP contribution in [-0.4, -0.2) is 16.5 Å². The van der Waals surface area contributed by atoms with Crippen LogP contribution in [0.5, 0.6) is 0 Å². The Kier molecular flexibility index (Phi) is 2.86. The van der Waals surface area contributed by atoms with Gasteiger partial charge in [0.15, 0.2) is 0 Å². The molecule has 0 radical (unpaired) electrons. The summed E-state index contributed by atoms with van der Waals surface area (Å²) in [6, 6.07) is 0. The lowest BCUT2D eigenvalue weighted by Crippen LogP contribution is -2.20. The topological polar surface area (TPSA) is 75.9 Å². The smallest absolute Gasteiger partial charge is 0.148 e. The average molecular weight is 247 g/mol. The lowest BCUT2D eigenvalue weighted by molar-refractivity contribution is 0.466. The number of rotatable bonds is 6. The second kappa shape index (κ2) is 4.39. The molecule has 0 aliphatic heterocycles. The normalized spacial score (nSPS) is 20.6. The first-order chi connectivity index (χ1) is 8.79. The average Bonchev–Trinajstić information content (AvgIpc) is 3.28. The minimum atomic E-state index is 0.576. The minimum Gasteiger partial charge on any atom is -0.369 e. The van der Waals surface area contributed by atoms with Crippen molar-refractivity contribution in [2.45, 2.75) is 39.0 Å². The molecule has 2 aliphatic carbocycles. The predicted molar refractivity (Wildman–Crippen MR) is 72.1 cm³/mol. The number of nitrogen functional groups attached to an aromatic ring is 1. The van der Waals surface area contributed by atoms with E-state index in [1.165, 1.54) is 25.7 Å². The van der Waals surface area contributed by atoms with Gasteiger partial charge in [-0.25, -0.2) is 15.8 Å². The first-order valence-corrected chi connectivity index (χ1v) is 6.83. The van der Waals surface area contributed by atoms with Crippen molar-refractivity contribution < 1.29 is 0 Å². The number of nitrogens with zero attached hydrogens (tertiary/aromatic N) is 2. The minimum absolute atomic E-state index is 0.576. The highest BCUT2D eigenvalue weighted by molar-refractivity contribution is 5.57. The molecule has 4 N–H and O–H groups in total. The van der Waals surface area contributed by atoms with Crippen LogP contribution >= 0.6 is 0 Å². The van der Waals surface area contributed by atoms with Gasteiger partial charge in [-0.1, -0.05) is 6.92 Å². The Hall–Kier alpha value is -1.36. The highest BCUT2D eigenvalue weighted by Gasteiger charge is 2.53. The van der Waals surface area contributed by atoms with E-state index in [2.05, 4.69) is 27.6 Å². The van der Waals surface area contributed by atoms with Gasteiger partial charge in [0.2, 0.25) is 0 Å². The summed E-state index contributed by atoms with van der Waals surface area (Å²) in [5, 5.41) is 3.52. The van der Waals surface area contributed by atoms with Crippen LogP contribution in [0.1, 0.15) is 38.2 Å². The zero-order chi connectivity index (χ0) is 12.6. The van der Waals surface area contributed by atoms with E-state index in [4.69, 9.17) is 5.84 Å². The summed E-state index contributed by atoms with van der Waals surface area (Å²) in [4.78, 5) is 8.50. The molecule has 2 saturated carbocycles. The summed E-state index contributed by atoms with van der Waals surface area (Å²) >= 11 is 0. The standard InChI is InChI=1S/C13H21N5/c1-2-10-11(16-8-17-12(10)18-14)15-7-13(5-6-13)9-3-4-9/h8-9H,2-7,14H2,1H3,(H2,15,16,17,18). The molecule has 0 amide bonds. The zero-order valence-electron chi connectivity index (χ0n) is 10.9. The molecule has 0 aromatic carbocycles. The van der Waals surface area contributed by atoms with Crippen molar-refractivity contribution in [2.24, 2.45) is 17.2 Å². The molecular formula is C13H21N5. The van der Waals surface area contributed by atoms with Crippen LogP contribution in [0.25, 0.3) is 0 Å². The van der Waals surface area contributed by atoms with E-state index in [0.29, 0.717) is 5.41 Å². The summed E-state index contributed by atoms with van der Waals surface area (Å²) in [7, 11) is 0. The van der Waals surface area contributed by atoms with Crippen molar-refractivity contribution >= 4 is 11.6 Å². The molecular weight excluding hydrogens is 226 g/mol. The van der Waals surface area contributed by atoms with Gasteiger partial charge in [-0.05, 0) is 43.4 Å². The Morgan fingerprint density at radius 1 is 1.33 bits per heavy atom. The third kappa shape index (κ3) is 2.03. The van der Waals surface area contributed by atoms with Crippen LogP contribution in [0.4, 0.5) is 11.6 Å². The second-order valence-corrected chi connectivity index (χ2v) is 5.54. The number of nitrogens with one attached hydrogen (secondary N) is 2. The lowest BCUT2D eigenvalue weighted by atomic mass is 10.0. The Balaban J connectivity index is 1.72. The van der Waals surface area contributed by atoms with Gasteiger partial charge < -0.3 is 10.7 Å². The summed E-state index contributed by atoms with van der Waals surface area (Å²) in [5.74, 6) is 8.11. The Morgan fingerprint density at radius 2 is 2.06 bits per heavy atom. The Morgan fingerprint density at radius 3 is 2.61 bits per heavy atom. The first-order valence-electron chi connectivity index (χ1n) is 6.83. The van der Waals surface area contributed by atoms with Crippen molar-refractivity contribution in [3.8, 4) is 0 Å². The van der Waals surface area contributed by atoms with Crippen LogP contribution < -0.4 is 16.6 Å². The molecule has 1 aromatic rings. The summed E-state index contributed by atoms with van der Waals surface area (Å²) < 4.78 is 0. The van der Waals surface area contributed by atoms with Gasteiger partial charge >= 0.3 is 0 Å². The fourth-order valence-electron chi connectivity index (χ4n) is 2.87. The van der Waals surface area contributed by atoms with Crippen molar-refractivity contribution in [2.75, 3.05) is 17.3 Å². The summed E-state index contributed by atoms with van der Waals surface area (Å²) in [6.45, 7) is 3.14. The highest BCUT2D eigenvalue weighted by atomic mass is 15.3. The maximum atomic E-state index is 5.48. The summed E-state index contributed by atoms with van der Waals surface area (Å²) in [6.07, 6.45) is 8.02. The number of aromatic nitrogens is 2. The van der Waals surface area contributed by atoms with Crippen molar-refractivity contribution in [3.63, 3.8) is 0 Å². The molecule has 18 heavy (non-hydrogen) atoms. The Bertz CT molecular complexity index is 437. The van der Waals surface area contributed by atoms with Crippen molar-refractivity contribution in [3.05, 3.63) is 11.9 Å². The molecule has 5 nitrogen and oxygen atoms in total. The maximum Gasteiger partial charge on any atom is 0.148 e. The number of hydrogen-bond donors (Lipinski definition) is 3. The SMILES string of the molecule is CCc1c(NN)ncnc1NCC1(C2CC2)CC1. The molecule has 5 heteroatoms. The van der Waals surface area contributed by atoms with E-state index in [9.17, 15) is 0 Å². The molecule has 3 rings (SSSR count). The zero-order valence-corrected chi connectivity index (χ0v) is 10.9. The molecule has 1 heterocycles. The quantitative estimate of drug-likeness (QED) is 0.529. The van der Waals surface area contributed by atoms with Crippen molar-refractivity contribution in [1.29, 1.82) is 0 Å². The van der Waals surface area contributed by atoms with E-state index in [1.807, 2.05) is 0 Å². The third-order valence-corrected chi connectivity index (χ3v) is 4.38. The highest BCUT2D eigenvalue weighted by Crippen LogP contribution is 2.61. The number of anilines is 2. The van der Waals surface area contributed by atoms with E-state index in [-0.39, 0.29) is 0 Å². The van der Waals surface area contributed by atoms with E-state index in [1.54, 1.807) is 6.33 Å². The second-order valence-electron chi connectivity index (χ2n) is 5.54.